The zero-order valence-electron chi connectivity index (χ0n) is 9.62. The lowest BCUT2D eigenvalue weighted by Gasteiger charge is -2.37. The summed E-state index contributed by atoms with van der Waals surface area (Å²) in [5, 5.41) is 11.3. The number of thioether (sulfide) groups is 1. The van der Waals surface area contributed by atoms with E-state index in [0.717, 1.165) is 9.11 Å². The van der Waals surface area contributed by atoms with E-state index in [1.54, 1.807) is 11.3 Å². The van der Waals surface area contributed by atoms with Crippen LogP contribution >= 0.6 is 23.1 Å². The van der Waals surface area contributed by atoms with Crippen LogP contribution in [0.25, 0.3) is 0 Å². The molecule has 1 fully saturated rings. The second kappa shape index (κ2) is 4.13. The third-order valence-corrected chi connectivity index (χ3v) is 5.68. The Morgan fingerprint density at radius 1 is 1.61 bits per heavy atom. The number of amides is 1. The van der Waals surface area contributed by atoms with Gasteiger partial charge in [-0.1, -0.05) is 24.8 Å². The molecule has 0 saturated carbocycles. The number of carbonyl (C=O) groups excluding carboxylic acids is 1. The Kier molecular flexibility index (Phi) is 2.71. The quantitative estimate of drug-likeness (QED) is 0.864. The number of nitrogens with zero attached hydrogens (tertiary/aromatic N) is 1. The summed E-state index contributed by atoms with van der Waals surface area (Å²) in [4.78, 5) is 25.2. The van der Waals surface area contributed by atoms with Gasteiger partial charge >= 0.3 is 5.97 Å². The van der Waals surface area contributed by atoms with Crippen molar-refractivity contribution in [3.8, 4) is 0 Å². The van der Waals surface area contributed by atoms with E-state index in [0.29, 0.717) is 6.42 Å². The second-order valence-corrected chi connectivity index (χ2v) is 6.67. The Labute approximate surface area is 112 Å². The van der Waals surface area contributed by atoms with Gasteiger partial charge in [0.05, 0.1) is 10.3 Å². The SMILES string of the molecule is C[C@@H]1C(Sc2cccs2)=C(C(=O)O)N2C(=O)CC12. The highest BCUT2D eigenvalue weighted by molar-refractivity contribution is 8.04. The molecule has 6 heteroatoms. The van der Waals surface area contributed by atoms with E-state index in [2.05, 4.69) is 0 Å². The van der Waals surface area contributed by atoms with Gasteiger partial charge in [-0.3, -0.25) is 4.79 Å². The highest BCUT2D eigenvalue weighted by Crippen LogP contribution is 2.49. The maximum absolute atomic E-state index is 11.5. The highest BCUT2D eigenvalue weighted by Gasteiger charge is 2.51. The molecule has 1 saturated heterocycles. The molecule has 0 spiro atoms. The number of hydrogen-bond acceptors (Lipinski definition) is 4. The molecule has 1 aromatic heterocycles. The molecular weight excluding hydrogens is 270 g/mol. The molecule has 1 amide bonds. The third-order valence-electron chi connectivity index (χ3n) is 3.36. The molecule has 1 unspecified atom stereocenters. The van der Waals surface area contributed by atoms with Crippen molar-refractivity contribution in [2.45, 2.75) is 23.6 Å². The van der Waals surface area contributed by atoms with Crippen LogP contribution in [0.5, 0.6) is 0 Å². The van der Waals surface area contributed by atoms with Crippen LogP contribution in [0.4, 0.5) is 0 Å². The average Bonchev–Trinajstić information content (AvgIpc) is 2.88. The van der Waals surface area contributed by atoms with Crippen molar-refractivity contribution in [2.75, 3.05) is 0 Å². The van der Waals surface area contributed by atoms with E-state index in [9.17, 15) is 14.7 Å². The van der Waals surface area contributed by atoms with Crippen molar-refractivity contribution in [1.29, 1.82) is 0 Å². The summed E-state index contributed by atoms with van der Waals surface area (Å²) in [6.07, 6.45) is 0.465. The van der Waals surface area contributed by atoms with E-state index < -0.39 is 5.97 Å². The fourth-order valence-electron chi connectivity index (χ4n) is 2.42. The number of carbonyl (C=O) groups is 2. The van der Waals surface area contributed by atoms with Gasteiger partial charge in [-0.25, -0.2) is 4.79 Å². The fourth-order valence-corrected chi connectivity index (χ4v) is 4.49. The lowest BCUT2D eigenvalue weighted by molar-refractivity contribution is -0.148. The van der Waals surface area contributed by atoms with Crippen molar-refractivity contribution in [3.05, 3.63) is 28.1 Å². The van der Waals surface area contributed by atoms with E-state index in [1.807, 2.05) is 24.4 Å². The van der Waals surface area contributed by atoms with Crippen molar-refractivity contribution in [2.24, 2.45) is 5.92 Å². The minimum absolute atomic E-state index is 0.0473. The molecule has 2 atom stereocenters. The van der Waals surface area contributed by atoms with Crippen LogP contribution in [0.2, 0.25) is 0 Å². The zero-order chi connectivity index (χ0) is 12.9. The highest BCUT2D eigenvalue weighted by atomic mass is 32.2. The molecule has 0 radical (unpaired) electrons. The van der Waals surface area contributed by atoms with Gasteiger partial charge in [-0.2, -0.15) is 0 Å². The van der Waals surface area contributed by atoms with Gasteiger partial charge in [-0.05, 0) is 11.4 Å². The summed E-state index contributed by atoms with van der Waals surface area (Å²) in [6, 6.07) is 3.95. The average molecular weight is 281 g/mol. The summed E-state index contributed by atoms with van der Waals surface area (Å²) < 4.78 is 1.06. The molecular formula is C12H11NO3S2. The second-order valence-electron chi connectivity index (χ2n) is 4.38. The maximum atomic E-state index is 11.5. The van der Waals surface area contributed by atoms with E-state index >= 15 is 0 Å². The molecule has 4 nitrogen and oxygen atoms in total. The van der Waals surface area contributed by atoms with Gasteiger partial charge in [-0.15, -0.1) is 11.3 Å². The van der Waals surface area contributed by atoms with E-state index in [-0.39, 0.29) is 23.6 Å². The third kappa shape index (κ3) is 1.59. The number of hydrogen-bond donors (Lipinski definition) is 1. The first-order valence-electron chi connectivity index (χ1n) is 5.60. The number of carboxylic acid groups (broad SMARTS) is 1. The summed E-state index contributed by atoms with van der Waals surface area (Å²) in [7, 11) is 0. The first kappa shape index (κ1) is 11.8. The maximum Gasteiger partial charge on any atom is 0.353 e. The number of β-lactam (4-membered cyclic amide) rings is 1. The molecule has 0 aromatic carbocycles. The van der Waals surface area contributed by atoms with E-state index in [1.165, 1.54) is 16.7 Å². The van der Waals surface area contributed by atoms with Gasteiger partial charge in [0, 0.05) is 17.2 Å². The van der Waals surface area contributed by atoms with Gasteiger partial charge in [0.25, 0.3) is 0 Å². The molecule has 1 N–H and O–H groups in total. The van der Waals surface area contributed by atoms with Crippen LogP contribution in [0.3, 0.4) is 0 Å². The molecule has 3 heterocycles. The minimum Gasteiger partial charge on any atom is -0.477 e. The fraction of sp³-hybridized carbons (Fsp3) is 0.333. The molecule has 18 heavy (non-hydrogen) atoms. The van der Waals surface area contributed by atoms with Gasteiger partial charge in [0.1, 0.15) is 5.70 Å². The number of rotatable bonds is 3. The summed E-state index contributed by atoms with van der Waals surface area (Å²) in [5.41, 5.74) is 0.183. The van der Waals surface area contributed by atoms with Crippen LogP contribution in [-0.4, -0.2) is 27.9 Å². The first-order chi connectivity index (χ1) is 8.59. The van der Waals surface area contributed by atoms with Gasteiger partial charge in [0.15, 0.2) is 0 Å². The Morgan fingerprint density at radius 2 is 2.39 bits per heavy atom. The molecule has 1 aromatic rings. The van der Waals surface area contributed by atoms with Gasteiger partial charge in [0.2, 0.25) is 5.91 Å². The molecule has 94 valence electrons. The topological polar surface area (TPSA) is 57.6 Å². The lowest BCUT2D eigenvalue weighted by atomic mass is 9.94. The van der Waals surface area contributed by atoms with E-state index in [4.69, 9.17) is 0 Å². The normalized spacial score (nSPS) is 26.3. The van der Waals surface area contributed by atoms with Crippen LogP contribution in [-0.2, 0) is 9.59 Å². The molecule has 2 aliphatic heterocycles. The summed E-state index contributed by atoms with van der Waals surface area (Å²) >= 11 is 3.06. The van der Waals surface area contributed by atoms with Crippen molar-refractivity contribution in [1.82, 2.24) is 4.90 Å². The Hall–Kier alpha value is -1.27. The molecule has 0 aliphatic carbocycles. The largest absolute Gasteiger partial charge is 0.477 e. The monoisotopic (exact) mass is 281 g/mol. The van der Waals surface area contributed by atoms with Crippen molar-refractivity contribution in [3.63, 3.8) is 0 Å². The minimum atomic E-state index is -1.00. The first-order valence-corrected chi connectivity index (χ1v) is 7.30. The standard InChI is InChI=1S/C12H11NO3S2/c1-6-7-5-8(14)13(7)10(12(15)16)11(6)18-9-3-2-4-17-9/h2-4,6-7H,5H2,1H3,(H,15,16)/t6-,7?/m0/s1. The molecule has 2 aliphatic rings. The summed E-state index contributed by atoms with van der Waals surface area (Å²) in [5.74, 6) is -0.969. The number of thiophene rings is 1. The van der Waals surface area contributed by atoms with Crippen molar-refractivity contribution < 1.29 is 14.7 Å². The number of fused-ring (bicyclic) bond motifs is 1. The number of aliphatic carboxylic acids is 1. The van der Waals surface area contributed by atoms with Crippen LogP contribution in [0.1, 0.15) is 13.3 Å². The molecule has 3 rings (SSSR count). The smallest absolute Gasteiger partial charge is 0.353 e. The van der Waals surface area contributed by atoms with Crippen molar-refractivity contribution >= 4 is 35.0 Å². The predicted molar refractivity (Wildman–Crippen MR) is 69.3 cm³/mol. The zero-order valence-corrected chi connectivity index (χ0v) is 11.3. The molecule has 0 bridgehead atoms. The van der Waals surface area contributed by atoms with Crippen LogP contribution in [0.15, 0.2) is 32.3 Å². The Bertz CT molecular complexity index is 550. The van der Waals surface area contributed by atoms with Crippen LogP contribution < -0.4 is 0 Å². The van der Waals surface area contributed by atoms with Crippen LogP contribution in [0, 0.1) is 5.92 Å². The Balaban J connectivity index is 1.99. The Morgan fingerprint density at radius 3 is 2.94 bits per heavy atom. The van der Waals surface area contributed by atoms with Gasteiger partial charge < -0.3 is 10.0 Å². The lowest BCUT2D eigenvalue weighted by Crippen LogP contribution is -2.51. The number of carboxylic acids is 1. The predicted octanol–water partition coefficient (Wildman–Crippen LogP) is 2.39. The summed E-state index contributed by atoms with van der Waals surface area (Å²) in [6.45, 7) is 2.00.